The number of phenols is 1. The van der Waals surface area contributed by atoms with Gasteiger partial charge in [0.2, 0.25) is 0 Å². The Labute approximate surface area is 259 Å². The first kappa shape index (κ1) is 35.4. The number of benzene rings is 1. The van der Waals surface area contributed by atoms with E-state index in [-0.39, 0.29) is 29.4 Å². The van der Waals surface area contributed by atoms with Crippen molar-refractivity contribution in [2.75, 3.05) is 13.6 Å². The third-order valence-electron chi connectivity index (χ3n) is 11.6. The summed E-state index contributed by atoms with van der Waals surface area (Å²) in [5.41, 5.74) is 1.76. The average molecular weight is 634 g/mol. The van der Waals surface area contributed by atoms with Gasteiger partial charge in [0, 0.05) is 18.4 Å². The predicted octanol–water partition coefficient (Wildman–Crippen LogP) is 9.59. The third-order valence-corrected chi connectivity index (χ3v) is 11.6. The fourth-order valence-electron chi connectivity index (χ4n) is 8.88. The summed E-state index contributed by atoms with van der Waals surface area (Å²) in [4.78, 5) is 2.33. The van der Waals surface area contributed by atoms with Crippen molar-refractivity contribution in [3.05, 3.63) is 29.3 Å². The second kappa shape index (κ2) is 14.5. The lowest BCUT2D eigenvalue weighted by molar-refractivity contribution is -0.284. The maximum atomic E-state index is 16.0. The van der Waals surface area contributed by atoms with Gasteiger partial charge in [0.1, 0.15) is 11.9 Å². The molecule has 8 atom stereocenters. The van der Waals surface area contributed by atoms with Gasteiger partial charge in [-0.25, -0.2) is 4.39 Å². The van der Waals surface area contributed by atoms with Crippen LogP contribution < -0.4 is 0 Å². The van der Waals surface area contributed by atoms with Crippen LogP contribution in [0.2, 0.25) is 0 Å². The SMILES string of the molecule is CC(CCCC[C@@H]1Cc2cc(O)ccc2[C@@H]2[C@@H]1[C@@H]1CC[C@H](O)[C@@]1(C)C[C@@H]2F)N(C)CCCCCCCCC(F)(F)C(F)(F)F. The topological polar surface area (TPSA) is 43.7 Å². The van der Waals surface area contributed by atoms with Gasteiger partial charge in [-0.3, -0.25) is 0 Å². The van der Waals surface area contributed by atoms with Crippen molar-refractivity contribution in [1.82, 2.24) is 4.90 Å². The zero-order valence-corrected chi connectivity index (χ0v) is 26.7. The summed E-state index contributed by atoms with van der Waals surface area (Å²) in [7, 11) is 2.11. The van der Waals surface area contributed by atoms with E-state index >= 15 is 4.39 Å². The minimum absolute atomic E-state index is 0.114. The summed E-state index contributed by atoms with van der Waals surface area (Å²) < 4.78 is 78.7. The van der Waals surface area contributed by atoms with Crippen molar-refractivity contribution < 1.29 is 36.6 Å². The molecule has 0 aromatic heterocycles. The van der Waals surface area contributed by atoms with Gasteiger partial charge in [-0.1, -0.05) is 51.5 Å². The standard InChI is InChI=1S/C35H53F6NO2/c1-23(42(3)19-11-7-5-4-6-10-18-34(37,38)35(39,40)41)12-8-9-13-24-20-25-21-26(43)14-15-27(25)32-29(36)22-33(2)28(31(24)32)16-17-30(33)44/h14-15,21,23-24,28-32,43-44H,4-13,16-20,22H2,1-3H3/t23?,24-,28+,29+,30+,31+,32+,33+/m1/s1. The molecule has 0 heterocycles. The van der Waals surface area contributed by atoms with Gasteiger partial charge in [0.25, 0.3) is 0 Å². The summed E-state index contributed by atoms with van der Waals surface area (Å²) in [6.45, 7) is 5.23. The number of hydrogen-bond acceptors (Lipinski definition) is 3. The maximum Gasteiger partial charge on any atom is 0.453 e. The zero-order valence-electron chi connectivity index (χ0n) is 26.7. The van der Waals surface area contributed by atoms with E-state index in [2.05, 4.69) is 25.8 Å². The lowest BCUT2D eigenvalue weighted by Crippen LogP contribution is -2.51. The Balaban J connectivity index is 1.19. The lowest BCUT2D eigenvalue weighted by atomic mass is 9.51. The van der Waals surface area contributed by atoms with E-state index in [4.69, 9.17) is 0 Å². The number of aliphatic hydroxyl groups is 1. The quantitative estimate of drug-likeness (QED) is 0.149. The molecule has 0 radical (unpaired) electrons. The van der Waals surface area contributed by atoms with Gasteiger partial charge in [-0.05, 0) is 118 Å². The number of hydrogen-bond donors (Lipinski definition) is 2. The number of alkyl halides is 6. The first-order chi connectivity index (χ1) is 20.7. The van der Waals surface area contributed by atoms with E-state index in [1.54, 1.807) is 6.07 Å². The van der Waals surface area contributed by atoms with Gasteiger partial charge in [-0.15, -0.1) is 0 Å². The molecule has 3 aliphatic carbocycles. The first-order valence-corrected chi connectivity index (χ1v) is 16.9. The fraction of sp³-hybridized carbons (Fsp3) is 0.829. The first-order valence-electron chi connectivity index (χ1n) is 16.9. The van der Waals surface area contributed by atoms with Crippen molar-refractivity contribution >= 4 is 0 Å². The monoisotopic (exact) mass is 633 g/mol. The second-order valence-corrected chi connectivity index (χ2v) is 14.6. The smallest absolute Gasteiger partial charge is 0.453 e. The fourth-order valence-corrected chi connectivity index (χ4v) is 8.88. The molecule has 2 N–H and O–H groups in total. The Hall–Kier alpha value is -1.48. The molecular weight excluding hydrogens is 580 g/mol. The van der Waals surface area contributed by atoms with E-state index in [0.29, 0.717) is 37.1 Å². The van der Waals surface area contributed by atoms with Crippen LogP contribution in [0.3, 0.4) is 0 Å². The van der Waals surface area contributed by atoms with Gasteiger partial charge in [-0.2, -0.15) is 22.0 Å². The Bertz CT molecular complexity index is 1070. The van der Waals surface area contributed by atoms with Gasteiger partial charge >= 0.3 is 12.1 Å². The molecule has 0 spiro atoms. The number of phenolic OH excluding ortho intramolecular Hbond substituents is 1. The predicted molar refractivity (Wildman–Crippen MR) is 162 cm³/mol. The molecule has 2 saturated carbocycles. The number of unbranched alkanes of at least 4 members (excludes halogenated alkanes) is 6. The maximum absolute atomic E-state index is 16.0. The third kappa shape index (κ3) is 7.90. The van der Waals surface area contributed by atoms with Crippen LogP contribution in [0.1, 0.15) is 121 Å². The summed E-state index contributed by atoms with van der Waals surface area (Å²) in [6, 6.07) is 5.84. The van der Waals surface area contributed by atoms with E-state index in [1.165, 1.54) is 0 Å². The minimum atomic E-state index is -5.46. The van der Waals surface area contributed by atoms with Crippen LogP contribution in [-0.4, -0.2) is 59.1 Å². The molecule has 0 aliphatic heterocycles. The van der Waals surface area contributed by atoms with Crippen LogP contribution in [0.15, 0.2) is 18.2 Å². The second-order valence-electron chi connectivity index (χ2n) is 14.6. The number of rotatable bonds is 15. The van der Waals surface area contributed by atoms with Gasteiger partial charge in [0.15, 0.2) is 0 Å². The molecule has 1 unspecified atom stereocenters. The molecule has 4 rings (SSSR count). The number of nitrogens with zero attached hydrogens (tertiary/aromatic N) is 1. The molecule has 1 aromatic rings. The van der Waals surface area contributed by atoms with E-state index in [0.717, 1.165) is 81.9 Å². The highest BCUT2D eigenvalue weighted by Crippen LogP contribution is 2.63. The highest BCUT2D eigenvalue weighted by molar-refractivity contribution is 5.41. The van der Waals surface area contributed by atoms with Gasteiger partial charge < -0.3 is 15.1 Å². The van der Waals surface area contributed by atoms with Crippen LogP contribution in [0.25, 0.3) is 0 Å². The van der Waals surface area contributed by atoms with Crippen molar-refractivity contribution in [2.24, 2.45) is 23.2 Å². The van der Waals surface area contributed by atoms with Crippen LogP contribution in [-0.2, 0) is 6.42 Å². The largest absolute Gasteiger partial charge is 0.508 e. The molecule has 0 amide bonds. The summed E-state index contributed by atoms with van der Waals surface area (Å²) in [6.07, 6.45) is 2.77. The molecule has 2 fully saturated rings. The molecule has 9 heteroatoms. The van der Waals surface area contributed by atoms with Crippen LogP contribution in [0.4, 0.5) is 26.3 Å². The highest BCUT2D eigenvalue weighted by atomic mass is 19.4. The molecule has 3 aliphatic rings. The lowest BCUT2D eigenvalue weighted by Gasteiger charge is -2.54. The molecule has 0 saturated heterocycles. The molecule has 0 bridgehead atoms. The Morgan fingerprint density at radius 2 is 1.66 bits per heavy atom. The van der Waals surface area contributed by atoms with Crippen LogP contribution in [0, 0.1) is 23.2 Å². The van der Waals surface area contributed by atoms with Crippen molar-refractivity contribution in [3.63, 3.8) is 0 Å². The Kier molecular flexibility index (Phi) is 11.7. The molecule has 44 heavy (non-hydrogen) atoms. The number of halogens is 6. The van der Waals surface area contributed by atoms with Crippen LogP contribution in [0.5, 0.6) is 5.75 Å². The highest BCUT2D eigenvalue weighted by Gasteiger charge is 2.60. The van der Waals surface area contributed by atoms with Crippen molar-refractivity contribution in [3.8, 4) is 5.75 Å². The van der Waals surface area contributed by atoms with Crippen molar-refractivity contribution in [2.45, 2.75) is 146 Å². The van der Waals surface area contributed by atoms with Crippen molar-refractivity contribution in [1.29, 1.82) is 0 Å². The molecule has 3 nitrogen and oxygen atoms in total. The normalized spacial score (nSPS) is 31.1. The minimum Gasteiger partial charge on any atom is -0.508 e. The summed E-state index contributed by atoms with van der Waals surface area (Å²) in [5, 5.41) is 21.0. The number of aliphatic hydroxyl groups excluding tert-OH is 1. The average Bonchev–Trinajstić information content (AvgIpc) is 3.24. The van der Waals surface area contributed by atoms with E-state index < -0.39 is 30.8 Å². The van der Waals surface area contributed by atoms with Gasteiger partial charge in [0.05, 0.1) is 6.10 Å². The van der Waals surface area contributed by atoms with E-state index in [9.17, 15) is 32.2 Å². The summed E-state index contributed by atoms with van der Waals surface area (Å²) in [5.74, 6) is -3.68. The van der Waals surface area contributed by atoms with E-state index in [1.807, 2.05) is 12.1 Å². The summed E-state index contributed by atoms with van der Waals surface area (Å²) >= 11 is 0. The Morgan fingerprint density at radius 1 is 0.977 bits per heavy atom. The Morgan fingerprint density at radius 3 is 2.36 bits per heavy atom. The van der Waals surface area contributed by atoms with Crippen LogP contribution >= 0.6 is 0 Å². The number of aromatic hydroxyl groups is 1. The molecular formula is C35H53F6NO2. The molecule has 252 valence electrons. The zero-order chi connectivity index (χ0) is 32.3. The number of fused-ring (bicyclic) bond motifs is 5. The molecule has 1 aromatic carbocycles.